The van der Waals surface area contributed by atoms with Crippen molar-refractivity contribution in [3.05, 3.63) is 106 Å². The van der Waals surface area contributed by atoms with E-state index >= 15 is 0 Å². The van der Waals surface area contributed by atoms with Gasteiger partial charge in [0.1, 0.15) is 12.1 Å². The number of hydrogen-bond acceptors (Lipinski definition) is 5. The highest BCUT2D eigenvalue weighted by atomic mass is 35.5. The van der Waals surface area contributed by atoms with Crippen LogP contribution in [-0.4, -0.2) is 22.0 Å². The molecule has 0 bridgehead atoms. The van der Waals surface area contributed by atoms with Crippen LogP contribution in [-0.2, 0) is 6.54 Å². The number of fused-ring (bicyclic) bond motifs is 3. The third kappa shape index (κ3) is 3.76. The van der Waals surface area contributed by atoms with E-state index in [0.29, 0.717) is 45.6 Å². The van der Waals surface area contributed by atoms with Crippen molar-refractivity contribution in [2.45, 2.75) is 6.54 Å². The van der Waals surface area contributed by atoms with Gasteiger partial charge in [0.15, 0.2) is 0 Å². The second-order valence-electron chi connectivity index (χ2n) is 7.27. The molecule has 0 spiro atoms. The molecule has 0 saturated heterocycles. The van der Waals surface area contributed by atoms with Crippen molar-refractivity contribution in [3.8, 4) is 11.3 Å². The molecule has 0 amide bonds. The molecule has 0 atom stereocenters. The van der Waals surface area contributed by atoms with Crippen LogP contribution in [0.3, 0.4) is 0 Å². The highest BCUT2D eigenvalue weighted by molar-refractivity contribution is 6.31. The Bertz CT molecular complexity index is 1370. The first-order chi connectivity index (χ1) is 15.6. The predicted molar refractivity (Wildman–Crippen MR) is 123 cm³/mol. The molecule has 5 rings (SSSR count). The fourth-order valence-electron chi connectivity index (χ4n) is 3.64. The molecular weight excluding hydrogens is 427 g/mol. The standard InChI is InChI=1S/C25H16ClFN4O/c26-17-7-10-19-21(11-17)24(20-3-1-2-4-22(20)27)28-12-16-13-29-25(31-23(16)19)30-18-8-5-15(14-32)6-9-18/h1-11,13-14H,12H2,(H,29,30,31). The maximum atomic E-state index is 14.6. The Hall–Kier alpha value is -3.90. The van der Waals surface area contributed by atoms with Gasteiger partial charge >= 0.3 is 0 Å². The molecule has 0 saturated carbocycles. The van der Waals surface area contributed by atoms with Crippen LogP contribution in [0.5, 0.6) is 0 Å². The molecule has 1 N–H and O–H groups in total. The number of carbonyl (C=O) groups is 1. The highest BCUT2D eigenvalue weighted by Gasteiger charge is 2.23. The monoisotopic (exact) mass is 442 g/mol. The number of rotatable bonds is 4. The Labute approximate surface area is 188 Å². The number of carbonyl (C=O) groups excluding carboxylic acids is 1. The van der Waals surface area contributed by atoms with Gasteiger partial charge < -0.3 is 5.32 Å². The highest BCUT2D eigenvalue weighted by Crippen LogP contribution is 2.34. The van der Waals surface area contributed by atoms with Gasteiger partial charge in [-0.15, -0.1) is 0 Å². The first-order valence-electron chi connectivity index (χ1n) is 9.90. The Kier molecular flexibility index (Phi) is 5.21. The Morgan fingerprint density at radius 2 is 1.78 bits per heavy atom. The Morgan fingerprint density at radius 3 is 2.56 bits per heavy atom. The van der Waals surface area contributed by atoms with Crippen LogP contribution in [0.1, 0.15) is 27.0 Å². The average Bonchev–Trinajstić information content (AvgIpc) is 2.96. The van der Waals surface area contributed by atoms with Crippen LogP contribution >= 0.6 is 11.6 Å². The third-order valence-corrected chi connectivity index (χ3v) is 5.43. The van der Waals surface area contributed by atoms with Crippen molar-refractivity contribution < 1.29 is 9.18 Å². The van der Waals surface area contributed by atoms with Crippen LogP contribution in [0.15, 0.2) is 77.9 Å². The van der Waals surface area contributed by atoms with E-state index in [1.54, 1.807) is 60.8 Å². The lowest BCUT2D eigenvalue weighted by Gasteiger charge is -2.13. The van der Waals surface area contributed by atoms with E-state index < -0.39 is 0 Å². The van der Waals surface area contributed by atoms with E-state index in [1.807, 2.05) is 6.07 Å². The van der Waals surface area contributed by atoms with Gasteiger partial charge in [-0.25, -0.2) is 14.4 Å². The number of nitrogens with zero attached hydrogens (tertiary/aromatic N) is 3. The van der Waals surface area contributed by atoms with E-state index in [1.165, 1.54) is 6.07 Å². The number of hydrogen-bond donors (Lipinski definition) is 1. The lowest BCUT2D eigenvalue weighted by Crippen LogP contribution is -2.07. The number of anilines is 2. The molecule has 7 heteroatoms. The Balaban J connectivity index is 1.60. The van der Waals surface area contributed by atoms with Gasteiger partial charge in [0.05, 0.1) is 18.0 Å². The summed E-state index contributed by atoms with van der Waals surface area (Å²) in [6.45, 7) is 0.305. The van der Waals surface area contributed by atoms with Crippen LogP contribution in [0.2, 0.25) is 5.02 Å². The summed E-state index contributed by atoms with van der Waals surface area (Å²) < 4.78 is 14.6. The SMILES string of the molecule is O=Cc1ccc(Nc2ncc3c(n2)-c2ccc(Cl)cc2C(c2ccccc2F)=NC3)cc1. The molecule has 1 aromatic heterocycles. The third-order valence-electron chi connectivity index (χ3n) is 5.20. The molecule has 1 aliphatic heterocycles. The molecule has 4 aromatic rings. The number of aliphatic imine (C=N–C) groups is 1. The zero-order valence-corrected chi connectivity index (χ0v) is 17.5. The topological polar surface area (TPSA) is 67.2 Å². The van der Waals surface area contributed by atoms with Crippen molar-refractivity contribution in [2.24, 2.45) is 4.99 Å². The molecule has 0 radical (unpaired) electrons. The summed E-state index contributed by atoms with van der Waals surface area (Å²) in [7, 11) is 0. The summed E-state index contributed by atoms with van der Waals surface area (Å²) in [4.78, 5) is 24.7. The second kappa shape index (κ2) is 8.32. The number of nitrogens with one attached hydrogen (secondary N) is 1. The zero-order valence-electron chi connectivity index (χ0n) is 16.7. The minimum atomic E-state index is -0.352. The van der Waals surface area contributed by atoms with Crippen LogP contribution < -0.4 is 5.32 Å². The van der Waals surface area contributed by atoms with E-state index in [-0.39, 0.29) is 5.82 Å². The number of benzene rings is 3. The lowest BCUT2D eigenvalue weighted by atomic mass is 9.95. The van der Waals surface area contributed by atoms with E-state index in [4.69, 9.17) is 21.6 Å². The van der Waals surface area contributed by atoms with Gasteiger partial charge in [0.25, 0.3) is 0 Å². The molecule has 0 aliphatic carbocycles. The molecule has 32 heavy (non-hydrogen) atoms. The van der Waals surface area contributed by atoms with E-state index in [0.717, 1.165) is 23.1 Å². The van der Waals surface area contributed by atoms with Gasteiger partial charge in [-0.3, -0.25) is 9.79 Å². The molecule has 5 nitrogen and oxygen atoms in total. The first-order valence-corrected chi connectivity index (χ1v) is 10.3. The smallest absolute Gasteiger partial charge is 0.227 e. The fraction of sp³-hybridized carbons (Fsp3) is 0.0400. The van der Waals surface area contributed by atoms with Gasteiger partial charge in [0, 0.05) is 44.7 Å². The van der Waals surface area contributed by atoms with Crippen molar-refractivity contribution >= 4 is 35.2 Å². The molecule has 1 aliphatic rings. The number of halogens is 2. The van der Waals surface area contributed by atoms with Crippen molar-refractivity contribution in [2.75, 3.05) is 5.32 Å². The summed E-state index contributed by atoms with van der Waals surface area (Å²) in [5.41, 5.74) is 5.30. The van der Waals surface area contributed by atoms with Crippen molar-refractivity contribution in [1.82, 2.24) is 9.97 Å². The summed E-state index contributed by atoms with van der Waals surface area (Å²) in [6.07, 6.45) is 2.51. The molecule has 0 fully saturated rings. The lowest BCUT2D eigenvalue weighted by molar-refractivity contribution is 0.112. The van der Waals surface area contributed by atoms with Crippen molar-refractivity contribution in [1.29, 1.82) is 0 Å². The molecule has 2 heterocycles. The Morgan fingerprint density at radius 1 is 0.969 bits per heavy atom. The maximum absolute atomic E-state index is 14.6. The number of aldehydes is 1. The first kappa shape index (κ1) is 20.0. The average molecular weight is 443 g/mol. The normalized spacial score (nSPS) is 12.2. The molecule has 156 valence electrons. The predicted octanol–water partition coefficient (Wildman–Crippen LogP) is 5.84. The van der Waals surface area contributed by atoms with Gasteiger partial charge in [-0.2, -0.15) is 0 Å². The maximum Gasteiger partial charge on any atom is 0.227 e. The summed E-state index contributed by atoms with van der Waals surface area (Å²) in [5, 5.41) is 3.69. The molecule has 3 aromatic carbocycles. The van der Waals surface area contributed by atoms with Gasteiger partial charge in [-0.05, 0) is 48.5 Å². The quantitative estimate of drug-likeness (QED) is 0.403. The number of aromatic nitrogens is 2. The molecular formula is C25H16ClFN4O. The largest absolute Gasteiger partial charge is 0.324 e. The van der Waals surface area contributed by atoms with Gasteiger partial charge in [-0.1, -0.05) is 29.8 Å². The zero-order chi connectivity index (χ0) is 22.1. The van der Waals surface area contributed by atoms with Crippen LogP contribution in [0.4, 0.5) is 16.0 Å². The van der Waals surface area contributed by atoms with Crippen LogP contribution in [0, 0.1) is 5.82 Å². The molecule has 0 unspecified atom stereocenters. The van der Waals surface area contributed by atoms with E-state index in [2.05, 4.69) is 10.3 Å². The summed E-state index contributed by atoms with van der Waals surface area (Å²) in [5.74, 6) is 0.0492. The minimum absolute atomic E-state index is 0.305. The summed E-state index contributed by atoms with van der Waals surface area (Å²) in [6, 6.07) is 19.0. The van der Waals surface area contributed by atoms with Crippen LogP contribution in [0.25, 0.3) is 11.3 Å². The van der Waals surface area contributed by atoms with Gasteiger partial charge in [0.2, 0.25) is 5.95 Å². The second-order valence-corrected chi connectivity index (χ2v) is 7.70. The van der Waals surface area contributed by atoms with Crippen molar-refractivity contribution in [3.63, 3.8) is 0 Å². The fourth-order valence-corrected chi connectivity index (χ4v) is 3.81. The van der Waals surface area contributed by atoms with E-state index in [9.17, 15) is 9.18 Å². The minimum Gasteiger partial charge on any atom is -0.324 e. The summed E-state index contributed by atoms with van der Waals surface area (Å²) >= 11 is 6.29.